The van der Waals surface area contributed by atoms with E-state index in [0.29, 0.717) is 26.2 Å². The summed E-state index contributed by atoms with van der Waals surface area (Å²) in [6.45, 7) is 6.89. The molecular formula is C12H25ClN4O2. The van der Waals surface area contributed by atoms with Crippen LogP contribution in [-0.4, -0.2) is 60.4 Å². The summed E-state index contributed by atoms with van der Waals surface area (Å²) >= 11 is 0. The van der Waals surface area contributed by atoms with E-state index < -0.39 is 6.04 Å². The van der Waals surface area contributed by atoms with E-state index in [1.54, 1.807) is 4.90 Å². The smallest absolute Gasteiger partial charge is 0.239 e. The number of piperazine rings is 1. The number of hydrogen-bond donors (Lipinski definition) is 2. The first-order valence-corrected chi connectivity index (χ1v) is 6.50. The predicted octanol–water partition coefficient (Wildman–Crippen LogP) is -0.589. The van der Waals surface area contributed by atoms with Crippen LogP contribution in [0.3, 0.4) is 0 Å². The lowest BCUT2D eigenvalue weighted by Gasteiger charge is -2.36. The first-order chi connectivity index (χ1) is 8.45. The molecule has 1 aliphatic heterocycles. The van der Waals surface area contributed by atoms with E-state index in [4.69, 9.17) is 11.5 Å². The van der Waals surface area contributed by atoms with Crippen LogP contribution in [0.4, 0.5) is 0 Å². The van der Waals surface area contributed by atoms with Crippen molar-refractivity contribution in [1.82, 2.24) is 9.80 Å². The average Bonchev–Trinajstić information content (AvgIpc) is 2.36. The highest BCUT2D eigenvalue weighted by Crippen LogP contribution is 2.10. The van der Waals surface area contributed by atoms with Crippen molar-refractivity contribution in [3.63, 3.8) is 0 Å². The highest BCUT2D eigenvalue weighted by atomic mass is 35.5. The van der Waals surface area contributed by atoms with Crippen molar-refractivity contribution in [2.45, 2.75) is 26.3 Å². The molecule has 0 radical (unpaired) electrons. The topological polar surface area (TPSA) is 92.7 Å². The number of halogens is 1. The fourth-order valence-corrected chi connectivity index (χ4v) is 2.05. The third-order valence-corrected chi connectivity index (χ3v) is 3.61. The van der Waals surface area contributed by atoms with Gasteiger partial charge in [0, 0.05) is 26.2 Å². The maximum absolute atomic E-state index is 12.1. The summed E-state index contributed by atoms with van der Waals surface area (Å²) in [4.78, 5) is 26.7. The monoisotopic (exact) mass is 292 g/mol. The Morgan fingerprint density at radius 3 is 2.16 bits per heavy atom. The fraction of sp³-hybridized carbons (Fsp3) is 0.833. The van der Waals surface area contributed by atoms with Crippen molar-refractivity contribution in [2.75, 3.05) is 32.7 Å². The molecule has 6 nitrogen and oxygen atoms in total. The molecule has 0 aromatic heterocycles. The summed E-state index contributed by atoms with van der Waals surface area (Å²) in [7, 11) is 0. The number of nitrogens with two attached hydrogens (primary N) is 2. The number of hydrogen-bond acceptors (Lipinski definition) is 4. The number of nitrogens with zero attached hydrogens (tertiary/aromatic N) is 2. The van der Waals surface area contributed by atoms with Gasteiger partial charge in [-0.1, -0.05) is 20.3 Å². The van der Waals surface area contributed by atoms with Gasteiger partial charge in [0.1, 0.15) is 0 Å². The molecule has 2 amide bonds. The van der Waals surface area contributed by atoms with E-state index in [1.165, 1.54) is 0 Å². The van der Waals surface area contributed by atoms with Gasteiger partial charge in [0.15, 0.2) is 0 Å². The van der Waals surface area contributed by atoms with Crippen LogP contribution in [0.25, 0.3) is 0 Å². The highest BCUT2D eigenvalue weighted by molar-refractivity contribution is 5.85. The van der Waals surface area contributed by atoms with Crippen LogP contribution in [0, 0.1) is 5.92 Å². The maximum Gasteiger partial charge on any atom is 0.239 e. The maximum atomic E-state index is 12.1. The Kier molecular flexibility index (Phi) is 7.97. The minimum absolute atomic E-state index is 0. The van der Waals surface area contributed by atoms with Gasteiger partial charge in [-0.2, -0.15) is 0 Å². The molecule has 0 aromatic carbocycles. The van der Waals surface area contributed by atoms with Gasteiger partial charge < -0.3 is 16.4 Å². The van der Waals surface area contributed by atoms with Gasteiger partial charge >= 0.3 is 0 Å². The lowest BCUT2D eigenvalue weighted by atomic mass is 9.98. The van der Waals surface area contributed by atoms with Crippen LogP contribution in [0.15, 0.2) is 0 Å². The molecular weight excluding hydrogens is 268 g/mol. The van der Waals surface area contributed by atoms with Crippen molar-refractivity contribution in [3.8, 4) is 0 Å². The van der Waals surface area contributed by atoms with Gasteiger partial charge in [-0.15, -0.1) is 12.4 Å². The lowest BCUT2D eigenvalue weighted by Crippen LogP contribution is -2.55. The highest BCUT2D eigenvalue weighted by Gasteiger charge is 2.27. The molecule has 1 saturated heterocycles. The van der Waals surface area contributed by atoms with Gasteiger partial charge in [-0.05, 0) is 5.92 Å². The summed E-state index contributed by atoms with van der Waals surface area (Å²) in [5.74, 6) is -0.115. The number of carbonyl (C=O) groups is 2. The molecule has 2 atom stereocenters. The molecule has 4 N–H and O–H groups in total. The Morgan fingerprint density at radius 1 is 1.21 bits per heavy atom. The molecule has 1 heterocycles. The zero-order valence-corrected chi connectivity index (χ0v) is 12.5. The standard InChI is InChI=1S/C12H24N4O2.ClH/c1-3-9(2)11(14)12(18)16-6-4-15(5-7-16)8-10(13)17;/h9,11H,3-8,14H2,1-2H3,(H2,13,17);1H. The van der Waals surface area contributed by atoms with E-state index in [-0.39, 0.29) is 36.7 Å². The first kappa shape index (κ1) is 18.1. The Labute approximate surface area is 120 Å². The second-order valence-corrected chi connectivity index (χ2v) is 4.98. The van der Waals surface area contributed by atoms with Crippen LogP contribution >= 0.6 is 12.4 Å². The quantitative estimate of drug-likeness (QED) is 0.708. The molecule has 0 saturated carbocycles. The van der Waals surface area contributed by atoms with E-state index in [0.717, 1.165) is 6.42 Å². The Balaban J connectivity index is 0.00000324. The van der Waals surface area contributed by atoms with Gasteiger partial charge in [-0.3, -0.25) is 14.5 Å². The molecule has 2 unspecified atom stereocenters. The van der Waals surface area contributed by atoms with E-state index in [9.17, 15) is 9.59 Å². The van der Waals surface area contributed by atoms with Gasteiger partial charge in [-0.25, -0.2) is 0 Å². The number of rotatable bonds is 5. The van der Waals surface area contributed by atoms with E-state index in [1.807, 2.05) is 18.7 Å². The molecule has 1 aliphatic rings. The third-order valence-electron chi connectivity index (χ3n) is 3.61. The molecule has 0 spiro atoms. The second kappa shape index (κ2) is 8.35. The third kappa shape index (κ3) is 5.34. The van der Waals surface area contributed by atoms with E-state index >= 15 is 0 Å². The number of primary amides is 1. The normalized spacial score (nSPS) is 19.4. The minimum atomic E-state index is -0.419. The summed E-state index contributed by atoms with van der Waals surface area (Å²) in [5.41, 5.74) is 11.1. The molecule has 1 fully saturated rings. The molecule has 0 aromatic rings. The number of amides is 2. The summed E-state index contributed by atoms with van der Waals surface area (Å²) < 4.78 is 0. The zero-order chi connectivity index (χ0) is 13.7. The summed E-state index contributed by atoms with van der Waals surface area (Å²) in [6.07, 6.45) is 0.897. The van der Waals surface area contributed by atoms with Crippen LogP contribution in [0.2, 0.25) is 0 Å². The Morgan fingerprint density at radius 2 is 1.74 bits per heavy atom. The predicted molar refractivity (Wildman–Crippen MR) is 76.9 cm³/mol. The van der Waals surface area contributed by atoms with Crippen LogP contribution in [0.1, 0.15) is 20.3 Å². The molecule has 0 bridgehead atoms. The van der Waals surface area contributed by atoms with Crippen LogP contribution in [0.5, 0.6) is 0 Å². The molecule has 0 aliphatic carbocycles. The van der Waals surface area contributed by atoms with Crippen LogP contribution < -0.4 is 11.5 Å². The largest absolute Gasteiger partial charge is 0.369 e. The number of carbonyl (C=O) groups excluding carboxylic acids is 2. The minimum Gasteiger partial charge on any atom is -0.369 e. The molecule has 19 heavy (non-hydrogen) atoms. The zero-order valence-electron chi connectivity index (χ0n) is 11.7. The van der Waals surface area contributed by atoms with Crippen molar-refractivity contribution in [3.05, 3.63) is 0 Å². The molecule has 112 valence electrons. The Hall–Kier alpha value is -0.850. The molecule has 1 rings (SSSR count). The SMILES string of the molecule is CCC(C)C(N)C(=O)N1CCN(CC(N)=O)CC1.Cl. The van der Waals surface area contributed by atoms with Crippen molar-refractivity contribution < 1.29 is 9.59 Å². The molecule has 7 heteroatoms. The second-order valence-electron chi connectivity index (χ2n) is 4.98. The van der Waals surface area contributed by atoms with Gasteiger partial charge in [0.25, 0.3) is 0 Å². The van der Waals surface area contributed by atoms with Gasteiger partial charge in [0.05, 0.1) is 12.6 Å². The van der Waals surface area contributed by atoms with Gasteiger partial charge in [0.2, 0.25) is 11.8 Å². The summed E-state index contributed by atoms with van der Waals surface area (Å²) in [5, 5.41) is 0. The lowest BCUT2D eigenvalue weighted by molar-refractivity contribution is -0.135. The first-order valence-electron chi connectivity index (χ1n) is 6.50. The van der Waals surface area contributed by atoms with Crippen molar-refractivity contribution in [2.24, 2.45) is 17.4 Å². The fourth-order valence-electron chi connectivity index (χ4n) is 2.05. The average molecular weight is 293 g/mol. The van der Waals surface area contributed by atoms with E-state index in [2.05, 4.69) is 0 Å². The Bertz CT molecular complexity index is 306. The van der Waals surface area contributed by atoms with Crippen LogP contribution in [-0.2, 0) is 9.59 Å². The summed E-state index contributed by atoms with van der Waals surface area (Å²) in [6, 6.07) is -0.419. The van der Waals surface area contributed by atoms with Crippen molar-refractivity contribution >= 4 is 24.2 Å². The van der Waals surface area contributed by atoms with Crippen molar-refractivity contribution in [1.29, 1.82) is 0 Å².